The largest absolute Gasteiger partial charge is 0.243 e. The van der Waals surface area contributed by atoms with Crippen LogP contribution in [0.3, 0.4) is 0 Å². The van der Waals surface area contributed by atoms with Crippen LogP contribution in [0.4, 0.5) is 0 Å². The molecular weight excluding hydrogens is 338 g/mol. The van der Waals surface area contributed by atoms with Crippen molar-refractivity contribution in [3.63, 3.8) is 0 Å². The van der Waals surface area contributed by atoms with E-state index in [9.17, 15) is 8.42 Å². The Labute approximate surface area is 149 Å². The lowest BCUT2D eigenvalue weighted by molar-refractivity contribution is 0.332. The summed E-state index contributed by atoms with van der Waals surface area (Å²) in [6.07, 6.45) is 4.03. The molecule has 0 saturated carbocycles. The van der Waals surface area contributed by atoms with E-state index in [1.165, 1.54) is 10.4 Å². The third-order valence-electron chi connectivity index (χ3n) is 4.99. The number of thiophene rings is 1. The summed E-state index contributed by atoms with van der Waals surface area (Å²) in [6, 6.07) is 7.53. The molecule has 2 heterocycles. The number of benzene rings is 1. The van der Waals surface area contributed by atoms with Crippen molar-refractivity contribution in [3.8, 4) is 0 Å². The van der Waals surface area contributed by atoms with Crippen molar-refractivity contribution >= 4 is 21.4 Å². The normalized spacial score (nSPS) is 20.0. The Bertz CT molecular complexity index is 824. The highest BCUT2D eigenvalue weighted by atomic mass is 32.2. The van der Waals surface area contributed by atoms with Crippen LogP contribution >= 0.6 is 11.3 Å². The number of rotatable bonds is 3. The maximum atomic E-state index is 13.4. The Morgan fingerprint density at radius 1 is 1.00 bits per heavy atom. The highest BCUT2D eigenvalue weighted by Crippen LogP contribution is 2.38. The highest BCUT2D eigenvalue weighted by Gasteiger charge is 2.34. The average Bonchev–Trinajstić information content (AvgIpc) is 2.82. The van der Waals surface area contributed by atoms with Crippen LogP contribution in [0.1, 0.15) is 53.3 Å². The molecule has 1 saturated heterocycles. The van der Waals surface area contributed by atoms with Crippen molar-refractivity contribution in [3.05, 3.63) is 51.2 Å². The number of nitrogens with zero attached hydrogens (tertiary/aromatic N) is 1. The molecule has 0 amide bonds. The fourth-order valence-electron chi connectivity index (χ4n) is 3.37. The second-order valence-corrected chi connectivity index (χ2v) is 9.53. The van der Waals surface area contributed by atoms with Gasteiger partial charge in [0.1, 0.15) is 0 Å². The molecular formula is C19H25NO2S2. The van der Waals surface area contributed by atoms with Gasteiger partial charge in [0.15, 0.2) is 0 Å². The van der Waals surface area contributed by atoms with Crippen molar-refractivity contribution in [2.24, 2.45) is 0 Å². The van der Waals surface area contributed by atoms with Gasteiger partial charge in [0.2, 0.25) is 10.0 Å². The van der Waals surface area contributed by atoms with Gasteiger partial charge in [0.05, 0.1) is 10.9 Å². The molecule has 3 rings (SSSR count). The summed E-state index contributed by atoms with van der Waals surface area (Å²) in [5.74, 6) is 0. The second-order valence-electron chi connectivity index (χ2n) is 6.69. The van der Waals surface area contributed by atoms with Crippen molar-refractivity contribution < 1.29 is 8.42 Å². The molecule has 0 aliphatic carbocycles. The minimum absolute atomic E-state index is 0.0286. The Balaban J connectivity index is 2.05. The molecule has 1 aromatic carbocycles. The molecule has 1 fully saturated rings. The van der Waals surface area contributed by atoms with Crippen molar-refractivity contribution in [1.29, 1.82) is 0 Å². The number of hydrogen-bond acceptors (Lipinski definition) is 3. The van der Waals surface area contributed by atoms with E-state index < -0.39 is 10.0 Å². The zero-order valence-corrected chi connectivity index (χ0v) is 16.2. The van der Waals surface area contributed by atoms with Gasteiger partial charge < -0.3 is 0 Å². The molecule has 24 heavy (non-hydrogen) atoms. The molecule has 130 valence electrons. The summed E-state index contributed by atoms with van der Waals surface area (Å²) in [6.45, 7) is 6.67. The first-order valence-corrected chi connectivity index (χ1v) is 10.9. The highest BCUT2D eigenvalue weighted by molar-refractivity contribution is 7.89. The van der Waals surface area contributed by atoms with Gasteiger partial charge in [-0.3, -0.25) is 0 Å². The third-order valence-corrected chi connectivity index (χ3v) is 8.02. The fraction of sp³-hybridized carbons (Fsp3) is 0.474. The molecule has 1 unspecified atom stereocenters. The van der Waals surface area contributed by atoms with Crippen LogP contribution in [0.15, 0.2) is 34.5 Å². The Morgan fingerprint density at radius 2 is 1.79 bits per heavy atom. The van der Waals surface area contributed by atoms with Crippen molar-refractivity contribution in [2.45, 2.75) is 57.4 Å². The van der Waals surface area contributed by atoms with E-state index >= 15 is 0 Å². The van der Waals surface area contributed by atoms with Gasteiger partial charge in [-0.25, -0.2) is 8.42 Å². The molecule has 0 spiro atoms. The minimum Gasteiger partial charge on any atom is -0.207 e. The smallest absolute Gasteiger partial charge is 0.207 e. The molecule has 1 aromatic heterocycles. The maximum absolute atomic E-state index is 13.4. The van der Waals surface area contributed by atoms with Crippen molar-refractivity contribution in [2.75, 3.05) is 6.54 Å². The average molecular weight is 364 g/mol. The van der Waals surface area contributed by atoms with Gasteiger partial charge >= 0.3 is 0 Å². The summed E-state index contributed by atoms with van der Waals surface area (Å²) >= 11 is 1.68. The lowest BCUT2D eigenvalue weighted by Crippen LogP contribution is -2.34. The van der Waals surface area contributed by atoms with Gasteiger partial charge in [-0.1, -0.05) is 18.9 Å². The maximum Gasteiger partial charge on any atom is 0.243 e. The summed E-state index contributed by atoms with van der Waals surface area (Å²) in [7, 11) is -3.48. The second kappa shape index (κ2) is 6.98. The van der Waals surface area contributed by atoms with E-state index in [0.29, 0.717) is 11.4 Å². The standard InChI is InChI=1S/C19H25NO2S2/c1-14-8-9-17(13-16(14)3)24(21,22)20-11-6-4-5-7-18(20)19-15(2)10-12-23-19/h8-10,12-13,18H,4-7,11H2,1-3H3. The van der Waals surface area contributed by atoms with Crippen LogP contribution < -0.4 is 0 Å². The lowest BCUT2D eigenvalue weighted by atomic mass is 10.1. The Morgan fingerprint density at radius 3 is 2.46 bits per heavy atom. The van der Waals surface area contributed by atoms with E-state index in [0.717, 1.165) is 36.8 Å². The topological polar surface area (TPSA) is 37.4 Å². The predicted molar refractivity (Wildman–Crippen MR) is 100 cm³/mol. The molecule has 1 aliphatic rings. The van der Waals surface area contributed by atoms with E-state index in [4.69, 9.17) is 0 Å². The molecule has 2 aromatic rings. The minimum atomic E-state index is -3.48. The van der Waals surface area contributed by atoms with Gasteiger partial charge in [0.25, 0.3) is 0 Å². The molecule has 0 radical (unpaired) electrons. The summed E-state index contributed by atoms with van der Waals surface area (Å²) < 4.78 is 28.5. The van der Waals surface area contributed by atoms with Gasteiger partial charge in [0, 0.05) is 11.4 Å². The number of hydrogen-bond donors (Lipinski definition) is 0. The Kier molecular flexibility index (Phi) is 5.13. The summed E-state index contributed by atoms with van der Waals surface area (Å²) in [5, 5.41) is 2.07. The molecule has 1 atom stereocenters. The molecule has 0 N–H and O–H groups in total. The summed E-state index contributed by atoms with van der Waals surface area (Å²) in [5.41, 5.74) is 3.34. The van der Waals surface area contributed by atoms with Crippen LogP contribution in [-0.4, -0.2) is 19.3 Å². The first kappa shape index (κ1) is 17.6. The first-order chi connectivity index (χ1) is 11.4. The Hall–Kier alpha value is -1.17. The van der Waals surface area contributed by atoms with E-state index in [-0.39, 0.29) is 6.04 Å². The predicted octanol–water partition coefficient (Wildman–Crippen LogP) is 4.98. The number of sulfonamides is 1. The van der Waals surface area contributed by atoms with Crippen molar-refractivity contribution in [1.82, 2.24) is 4.31 Å². The molecule has 3 nitrogen and oxygen atoms in total. The van der Waals surface area contributed by atoms with Crippen LogP contribution in [0.25, 0.3) is 0 Å². The molecule has 1 aliphatic heterocycles. The van der Waals surface area contributed by atoms with E-state index in [1.54, 1.807) is 21.7 Å². The molecule has 5 heteroatoms. The SMILES string of the molecule is Cc1ccc(S(=O)(=O)N2CCCCCC2c2sccc2C)cc1C. The monoisotopic (exact) mass is 363 g/mol. The van der Waals surface area contributed by atoms with Crippen LogP contribution in [-0.2, 0) is 10.0 Å². The van der Waals surface area contributed by atoms with E-state index in [1.807, 2.05) is 26.0 Å². The van der Waals surface area contributed by atoms with Crippen LogP contribution in [0.5, 0.6) is 0 Å². The zero-order chi connectivity index (χ0) is 17.3. The zero-order valence-electron chi connectivity index (χ0n) is 14.6. The van der Waals surface area contributed by atoms with E-state index in [2.05, 4.69) is 18.4 Å². The molecule has 0 bridgehead atoms. The lowest BCUT2D eigenvalue weighted by Gasteiger charge is -2.29. The first-order valence-electron chi connectivity index (χ1n) is 8.54. The fourth-order valence-corrected chi connectivity index (χ4v) is 6.26. The number of aryl methyl sites for hydroxylation is 3. The third kappa shape index (κ3) is 3.30. The van der Waals surface area contributed by atoms with Gasteiger partial charge in [-0.05, 0) is 73.9 Å². The van der Waals surface area contributed by atoms with Gasteiger partial charge in [-0.15, -0.1) is 11.3 Å². The van der Waals surface area contributed by atoms with Crippen LogP contribution in [0, 0.1) is 20.8 Å². The van der Waals surface area contributed by atoms with Crippen LogP contribution in [0.2, 0.25) is 0 Å². The quantitative estimate of drug-likeness (QED) is 0.771. The van der Waals surface area contributed by atoms with Gasteiger partial charge in [-0.2, -0.15) is 4.31 Å². The summed E-state index contributed by atoms with van der Waals surface area (Å²) in [4.78, 5) is 1.62.